The molecule has 0 saturated heterocycles. The summed E-state index contributed by atoms with van der Waals surface area (Å²) >= 11 is 6.62. The maximum absolute atomic E-state index is 12.1. The van der Waals surface area contributed by atoms with Crippen molar-refractivity contribution in [3.05, 3.63) is 44.3 Å². The zero-order valence-corrected chi connectivity index (χ0v) is 18.0. The third-order valence-corrected chi connectivity index (χ3v) is 5.76. The Kier molecular flexibility index (Phi) is 7.49. The number of phenols is 1. The van der Waals surface area contributed by atoms with Crippen molar-refractivity contribution in [1.29, 1.82) is 0 Å². The van der Waals surface area contributed by atoms with E-state index in [2.05, 4.69) is 42.4 Å². The maximum atomic E-state index is 12.1. The predicted molar refractivity (Wildman–Crippen MR) is 109 cm³/mol. The molecule has 2 N–H and O–H groups in total. The first-order valence-electron chi connectivity index (χ1n) is 7.69. The molecule has 0 aliphatic rings. The van der Waals surface area contributed by atoms with Crippen molar-refractivity contribution in [2.24, 2.45) is 5.10 Å². The van der Waals surface area contributed by atoms with E-state index in [9.17, 15) is 9.90 Å². The highest BCUT2D eigenvalue weighted by molar-refractivity contribution is 9.13. The number of carbonyl (C=O) groups excluding carboxylic acids is 1. The third-order valence-electron chi connectivity index (χ3n) is 3.60. The Balaban J connectivity index is 2.07. The van der Waals surface area contributed by atoms with Crippen molar-refractivity contribution in [2.75, 3.05) is 21.3 Å². The van der Waals surface area contributed by atoms with E-state index < -0.39 is 0 Å². The number of phenolic OH excluding ortho intramolecular Hbond substituents is 1. The largest absolute Gasteiger partial charge is 0.503 e. The molecule has 0 spiro atoms. The molecular weight excluding hydrogens is 484 g/mol. The standard InChI is InChI=1S/C18H18Br2N2O5/c1-25-12-5-4-10(6-13(12)26-2)7-15(23)22-21-9-11-8-14(27-3)18(24)17(20)16(11)19/h4-6,8-9,24H,7H2,1-3H3,(H,22,23)/b21-9+. The van der Waals surface area contributed by atoms with Crippen LogP contribution in [0, 0.1) is 0 Å². The molecule has 2 rings (SSSR count). The zero-order chi connectivity index (χ0) is 20.0. The van der Waals surface area contributed by atoms with Crippen molar-refractivity contribution in [3.63, 3.8) is 0 Å². The van der Waals surface area contributed by atoms with E-state index in [1.165, 1.54) is 20.4 Å². The van der Waals surface area contributed by atoms with Gasteiger partial charge in [-0.3, -0.25) is 4.79 Å². The van der Waals surface area contributed by atoms with E-state index in [1.807, 2.05) is 0 Å². The van der Waals surface area contributed by atoms with E-state index in [0.717, 1.165) is 5.56 Å². The molecule has 2 aromatic rings. The minimum Gasteiger partial charge on any atom is -0.503 e. The minimum atomic E-state index is -0.292. The number of carbonyl (C=O) groups is 1. The van der Waals surface area contributed by atoms with Gasteiger partial charge >= 0.3 is 0 Å². The molecule has 0 fully saturated rings. The molecule has 0 heterocycles. The first-order valence-corrected chi connectivity index (χ1v) is 9.27. The summed E-state index contributed by atoms with van der Waals surface area (Å²) in [6, 6.07) is 6.85. The van der Waals surface area contributed by atoms with Crippen molar-refractivity contribution in [1.82, 2.24) is 5.43 Å². The lowest BCUT2D eigenvalue weighted by atomic mass is 10.1. The molecule has 0 aliphatic heterocycles. The van der Waals surface area contributed by atoms with Gasteiger partial charge in [-0.2, -0.15) is 5.10 Å². The number of hydrogen-bond acceptors (Lipinski definition) is 6. The highest BCUT2D eigenvalue weighted by atomic mass is 79.9. The molecule has 0 unspecified atom stereocenters. The van der Waals surface area contributed by atoms with Crippen LogP contribution in [0.3, 0.4) is 0 Å². The summed E-state index contributed by atoms with van der Waals surface area (Å²) in [7, 11) is 4.53. The molecule has 0 aliphatic carbocycles. The molecule has 0 aromatic heterocycles. The highest BCUT2D eigenvalue weighted by Crippen LogP contribution is 2.41. The Hall–Kier alpha value is -2.26. The fraction of sp³-hybridized carbons (Fsp3) is 0.222. The van der Waals surface area contributed by atoms with Crippen LogP contribution in [0.5, 0.6) is 23.0 Å². The number of hydrazone groups is 1. The van der Waals surface area contributed by atoms with E-state index in [1.54, 1.807) is 31.4 Å². The van der Waals surface area contributed by atoms with Crippen LogP contribution in [0.4, 0.5) is 0 Å². The van der Waals surface area contributed by atoms with Gasteiger partial charge in [-0.1, -0.05) is 6.07 Å². The Labute approximate surface area is 173 Å². The summed E-state index contributed by atoms with van der Waals surface area (Å²) in [5.41, 5.74) is 3.84. The van der Waals surface area contributed by atoms with Gasteiger partial charge in [0.05, 0.1) is 38.4 Å². The first kappa shape index (κ1) is 21.0. The number of nitrogens with one attached hydrogen (secondary N) is 1. The second-order valence-electron chi connectivity index (χ2n) is 5.30. The lowest BCUT2D eigenvalue weighted by molar-refractivity contribution is -0.120. The monoisotopic (exact) mass is 500 g/mol. The molecule has 0 radical (unpaired) electrons. The van der Waals surface area contributed by atoms with Crippen molar-refractivity contribution in [3.8, 4) is 23.0 Å². The second kappa shape index (κ2) is 9.61. The third kappa shape index (κ3) is 5.14. The fourth-order valence-corrected chi connectivity index (χ4v) is 3.08. The van der Waals surface area contributed by atoms with E-state index in [4.69, 9.17) is 14.2 Å². The lowest BCUT2D eigenvalue weighted by Gasteiger charge is -2.10. The first-order chi connectivity index (χ1) is 12.9. The SMILES string of the molecule is COc1ccc(CC(=O)N/N=C/c2cc(OC)c(O)c(Br)c2Br)cc1OC. The normalized spacial score (nSPS) is 10.7. The second-order valence-corrected chi connectivity index (χ2v) is 6.89. The van der Waals surface area contributed by atoms with E-state index >= 15 is 0 Å². The van der Waals surface area contributed by atoms with E-state index in [0.29, 0.717) is 26.0 Å². The number of benzene rings is 2. The fourth-order valence-electron chi connectivity index (χ4n) is 2.25. The summed E-state index contributed by atoms with van der Waals surface area (Å²) < 4.78 is 16.5. The van der Waals surface area contributed by atoms with Gasteiger partial charge < -0.3 is 19.3 Å². The molecule has 2 aromatic carbocycles. The van der Waals surface area contributed by atoms with Gasteiger partial charge in [0.15, 0.2) is 23.0 Å². The predicted octanol–water partition coefficient (Wildman–Crippen LogP) is 3.64. The molecule has 0 saturated carbocycles. The number of ether oxygens (including phenoxy) is 3. The summed E-state index contributed by atoms with van der Waals surface area (Å²) in [5, 5.41) is 13.9. The molecular formula is C18H18Br2N2O5. The smallest absolute Gasteiger partial charge is 0.244 e. The van der Waals surface area contributed by atoms with Crippen LogP contribution < -0.4 is 19.6 Å². The number of nitrogens with zero attached hydrogens (tertiary/aromatic N) is 1. The molecule has 27 heavy (non-hydrogen) atoms. The van der Waals surface area contributed by atoms with Gasteiger partial charge in [-0.15, -0.1) is 0 Å². The van der Waals surface area contributed by atoms with Gasteiger partial charge in [-0.05, 0) is 55.6 Å². The van der Waals surface area contributed by atoms with Gasteiger partial charge in [0, 0.05) is 10.0 Å². The summed E-state index contributed by atoms with van der Waals surface area (Å²) in [5.74, 6) is 1.11. The minimum absolute atomic E-state index is 0.0287. The average molecular weight is 502 g/mol. The molecule has 144 valence electrons. The quantitative estimate of drug-likeness (QED) is 0.446. The van der Waals surface area contributed by atoms with Crippen LogP contribution in [-0.2, 0) is 11.2 Å². The van der Waals surface area contributed by atoms with Gasteiger partial charge in [0.1, 0.15) is 0 Å². The van der Waals surface area contributed by atoms with Crippen LogP contribution in [-0.4, -0.2) is 38.6 Å². The molecule has 1 amide bonds. The topological polar surface area (TPSA) is 89.4 Å². The van der Waals surface area contributed by atoms with E-state index in [-0.39, 0.29) is 23.8 Å². The lowest BCUT2D eigenvalue weighted by Crippen LogP contribution is -2.19. The zero-order valence-electron chi connectivity index (χ0n) is 14.9. The number of methoxy groups -OCH3 is 3. The molecule has 7 nitrogen and oxygen atoms in total. The van der Waals surface area contributed by atoms with Crippen LogP contribution in [0.2, 0.25) is 0 Å². The van der Waals surface area contributed by atoms with Crippen molar-refractivity contribution < 1.29 is 24.1 Å². The summed E-state index contributed by atoms with van der Waals surface area (Å²) in [6.07, 6.45) is 1.57. The van der Waals surface area contributed by atoms with Gasteiger partial charge in [-0.25, -0.2) is 5.43 Å². The van der Waals surface area contributed by atoms with Gasteiger partial charge in [0.25, 0.3) is 0 Å². The number of amides is 1. The highest BCUT2D eigenvalue weighted by Gasteiger charge is 2.14. The van der Waals surface area contributed by atoms with Crippen LogP contribution in [0.25, 0.3) is 0 Å². The average Bonchev–Trinajstić information content (AvgIpc) is 2.67. The van der Waals surface area contributed by atoms with Crippen LogP contribution in [0.15, 0.2) is 38.3 Å². The van der Waals surface area contributed by atoms with Crippen molar-refractivity contribution >= 4 is 44.0 Å². The van der Waals surface area contributed by atoms with Gasteiger partial charge in [0.2, 0.25) is 5.91 Å². The molecule has 0 atom stereocenters. The molecule has 0 bridgehead atoms. The Morgan fingerprint density at radius 3 is 2.37 bits per heavy atom. The summed E-state index contributed by atoms with van der Waals surface area (Å²) in [4.78, 5) is 12.1. The Bertz CT molecular complexity index is 871. The Morgan fingerprint density at radius 1 is 1.07 bits per heavy atom. The van der Waals surface area contributed by atoms with Crippen LogP contribution >= 0.6 is 31.9 Å². The Morgan fingerprint density at radius 2 is 1.74 bits per heavy atom. The van der Waals surface area contributed by atoms with Crippen LogP contribution in [0.1, 0.15) is 11.1 Å². The number of rotatable bonds is 7. The van der Waals surface area contributed by atoms with Crippen molar-refractivity contribution in [2.45, 2.75) is 6.42 Å². The summed E-state index contributed by atoms with van der Waals surface area (Å²) in [6.45, 7) is 0. The number of hydrogen-bond donors (Lipinski definition) is 2. The molecule has 9 heteroatoms. The number of aromatic hydroxyl groups is 1. The maximum Gasteiger partial charge on any atom is 0.244 e. The number of halogens is 2.